The van der Waals surface area contributed by atoms with Gasteiger partial charge in [0.25, 0.3) is 0 Å². The first kappa shape index (κ1) is 17.0. The molecule has 3 nitrogen and oxygen atoms in total. The summed E-state index contributed by atoms with van der Waals surface area (Å²) in [5.74, 6) is -0.00900. The van der Waals surface area contributed by atoms with Gasteiger partial charge in [0, 0.05) is 10.7 Å². The largest absolute Gasteiger partial charge is 0.385 e. The summed E-state index contributed by atoms with van der Waals surface area (Å²) in [6.45, 7) is 1.96. The molecular formula is C16H23BrO3S. The summed E-state index contributed by atoms with van der Waals surface area (Å²) in [6, 6.07) is 7.71. The van der Waals surface area contributed by atoms with Gasteiger partial charge >= 0.3 is 0 Å². The Balaban J connectivity index is 2.32. The third-order valence-corrected chi connectivity index (χ3v) is 6.90. The van der Waals surface area contributed by atoms with Gasteiger partial charge in [0.1, 0.15) is 9.84 Å². The standard InChI is InChI=1S/C16H23BrO3S/c1-3-16(18,12-6-4-8-14(17)10-12)13-7-5-9-15(11-13)21(2,19)20/h4,6,8,10,13,15,18H,3,5,7,9,11H2,1-2H3. The minimum Gasteiger partial charge on any atom is -0.385 e. The van der Waals surface area contributed by atoms with E-state index in [2.05, 4.69) is 15.9 Å². The maximum atomic E-state index is 11.8. The van der Waals surface area contributed by atoms with Gasteiger partial charge in [-0.05, 0) is 49.3 Å². The van der Waals surface area contributed by atoms with E-state index in [0.717, 1.165) is 22.9 Å². The molecule has 0 heterocycles. The van der Waals surface area contributed by atoms with Crippen LogP contribution in [0, 0.1) is 5.92 Å². The molecule has 1 aromatic carbocycles. The molecule has 0 aromatic heterocycles. The van der Waals surface area contributed by atoms with Gasteiger partial charge in [0.2, 0.25) is 0 Å². The molecule has 1 aliphatic carbocycles. The molecule has 118 valence electrons. The zero-order valence-electron chi connectivity index (χ0n) is 12.5. The molecule has 5 heteroatoms. The highest BCUT2D eigenvalue weighted by Gasteiger charge is 2.41. The van der Waals surface area contributed by atoms with E-state index < -0.39 is 15.4 Å². The highest BCUT2D eigenvalue weighted by atomic mass is 79.9. The van der Waals surface area contributed by atoms with Crippen LogP contribution in [0.1, 0.15) is 44.6 Å². The van der Waals surface area contributed by atoms with Crippen molar-refractivity contribution < 1.29 is 13.5 Å². The summed E-state index contributed by atoms with van der Waals surface area (Å²) < 4.78 is 24.6. The third kappa shape index (κ3) is 3.69. The number of hydrogen-bond donors (Lipinski definition) is 1. The second-order valence-electron chi connectivity index (χ2n) is 6.10. The molecule has 1 aromatic rings. The van der Waals surface area contributed by atoms with Crippen molar-refractivity contribution in [1.82, 2.24) is 0 Å². The van der Waals surface area contributed by atoms with Crippen LogP contribution in [0.4, 0.5) is 0 Å². The van der Waals surface area contributed by atoms with Crippen molar-refractivity contribution in [3.63, 3.8) is 0 Å². The molecule has 1 saturated carbocycles. The van der Waals surface area contributed by atoms with Crippen LogP contribution in [-0.2, 0) is 15.4 Å². The fraction of sp³-hybridized carbons (Fsp3) is 0.625. The Labute approximate surface area is 135 Å². The van der Waals surface area contributed by atoms with Crippen LogP contribution in [0.15, 0.2) is 28.7 Å². The second kappa shape index (κ2) is 6.39. The van der Waals surface area contributed by atoms with Crippen LogP contribution in [0.25, 0.3) is 0 Å². The zero-order chi connectivity index (χ0) is 15.7. The van der Waals surface area contributed by atoms with Crippen molar-refractivity contribution in [1.29, 1.82) is 0 Å². The first-order chi connectivity index (χ1) is 9.77. The molecule has 3 atom stereocenters. The number of aliphatic hydroxyl groups is 1. The van der Waals surface area contributed by atoms with Crippen molar-refractivity contribution in [2.45, 2.75) is 49.9 Å². The van der Waals surface area contributed by atoms with Crippen LogP contribution in [-0.4, -0.2) is 25.0 Å². The van der Waals surface area contributed by atoms with Crippen LogP contribution >= 0.6 is 15.9 Å². The van der Waals surface area contributed by atoms with E-state index in [4.69, 9.17) is 0 Å². The summed E-state index contributed by atoms with van der Waals surface area (Å²) in [5, 5.41) is 10.9. The normalized spacial score (nSPS) is 26.3. The second-order valence-corrected chi connectivity index (χ2v) is 9.34. The van der Waals surface area contributed by atoms with Gasteiger partial charge in [0.15, 0.2) is 0 Å². The molecule has 0 spiro atoms. The molecule has 0 radical (unpaired) electrons. The quantitative estimate of drug-likeness (QED) is 0.874. The lowest BCUT2D eigenvalue weighted by Gasteiger charge is -2.40. The molecule has 0 bridgehead atoms. The van der Waals surface area contributed by atoms with E-state index in [-0.39, 0.29) is 11.2 Å². The Bertz CT molecular complexity index is 599. The van der Waals surface area contributed by atoms with Gasteiger partial charge in [-0.1, -0.05) is 41.4 Å². The van der Waals surface area contributed by atoms with Crippen molar-refractivity contribution in [2.75, 3.05) is 6.26 Å². The summed E-state index contributed by atoms with van der Waals surface area (Å²) >= 11 is 3.44. The Morgan fingerprint density at radius 2 is 2.10 bits per heavy atom. The van der Waals surface area contributed by atoms with E-state index in [1.165, 1.54) is 6.26 Å². The minimum absolute atomic E-state index is 0.00900. The fourth-order valence-electron chi connectivity index (χ4n) is 3.45. The maximum Gasteiger partial charge on any atom is 0.150 e. The fourth-order valence-corrected chi connectivity index (χ4v) is 5.03. The molecule has 21 heavy (non-hydrogen) atoms. The Kier molecular flexibility index (Phi) is 5.16. The number of benzene rings is 1. The Morgan fingerprint density at radius 1 is 1.38 bits per heavy atom. The molecule has 3 unspecified atom stereocenters. The van der Waals surface area contributed by atoms with Crippen LogP contribution in [0.5, 0.6) is 0 Å². The lowest BCUT2D eigenvalue weighted by Crippen LogP contribution is -2.40. The third-order valence-electron chi connectivity index (χ3n) is 4.77. The average Bonchev–Trinajstić information content (AvgIpc) is 2.45. The summed E-state index contributed by atoms with van der Waals surface area (Å²) in [4.78, 5) is 0. The molecule has 0 saturated heterocycles. The van der Waals surface area contributed by atoms with E-state index in [9.17, 15) is 13.5 Å². The van der Waals surface area contributed by atoms with Gasteiger partial charge in [-0.3, -0.25) is 0 Å². The molecule has 2 rings (SSSR count). The smallest absolute Gasteiger partial charge is 0.150 e. The maximum absolute atomic E-state index is 11.8. The van der Waals surface area contributed by atoms with E-state index in [1.54, 1.807) is 0 Å². The Hall–Kier alpha value is -0.390. The van der Waals surface area contributed by atoms with Crippen LogP contribution in [0.2, 0.25) is 0 Å². The van der Waals surface area contributed by atoms with Crippen LogP contribution < -0.4 is 0 Å². The first-order valence-corrected chi connectivity index (χ1v) is 10.2. The SMILES string of the molecule is CCC(O)(c1cccc(Br)c1)C1CCCC(S(C)(=O)=O)C1. The summed E-state index contributed by atoms with van der Waals surface area (Å²) in [6.07, 6.45) is 4.90. The number of halogens is 1. The van der Waals surface area contributed by atoms with Crippen LogP contribution in [0.3, 0.4) is 0 Å². The molecule has 1 N–H and O–H groups in total. The molecule has 0 amide bonds. The van der Waals surface area contributed by atoms with E-state index >= 15 is 0 Å². The first-order valence-electron chi connectivity index (χ1n) is 7.44. The summed E-state index contributed by atoms with van der Waals surface area (Å²) in [5.41, 5.74) is -0.0776. The monoisotopic (exact) mass is 374 g/mol. The number of hydrogen-bond acceptors (Lipinski definition) is 3. The zero-order valence-corrected chi connectivity index (χ0v) is 15.0. The van der Waals surface area contributed by atoms with Gasteiger partial charge in [-0.15, -0.1) is 0 Å². The number of sulfone groups is 1. The predicted octanol–water partition coefficient (Wildman–Crippen LogP) is 3.65. The topological polar surface area (TPSA) is 54.4 Å². The molecule has 1 fully saturated rings. The molecule has 1 aliphatic rings. The molecular weight excluding hydrogens is 352 g/mol. The highest BCUT2D eigenvalue weighted by Crippen LogP contribution is 2.43. The Morgan fingerprint density at radius 3 is 2.67 bits per heavy atom. The van der Waals surface area contributed by atoms with Gasteiger partial charge in [0.05, 0.1) is 10.9 Å². The highest BCUT2D eigenvalue weighted by molar-refractivity contribution is 9.10. The van der Waals surface area contributed by atoms with Crippen molar-refractivity contribution in [3.05, 3.63) is 34.3 Å². The van der Waals surface area contributed by atoms with Gasteiger partial charge < -0.3 is 5.11 Å². The van der Waals surface area contributed by atoms with Crippen molar-refractivity contribution in [2.24, 2.45) is 5.92 Å². The van der Waals surface area contributed by atoms with Crippen molar-refractivity contribution >= 4 is 25.8 Å². The molecule has 0 aliphatic heterocycles. The van der Waals surface area contributed by atoms with E-state index in [1.807, 2.05) is 31.2 Å². The number of rotatable bonds is 4. The summed E-state index contributed by atoms with van der Waals surface area (Å²) in [7, 11) is -3.04. The lowest BCUT2D eigenvalue weighted by molar-refractivity contribution is -0.0416. The average molecular weight is 375 g/mol. The van der Waals surface area contributed by atoms with Crippen molar-refractivity contribution in [3.8, 4) is 0 Å². The van der Waals surface area contributed by atoms with Gasteiger partial charge in [-0.2, -0.15) is 0 Å². The predicted molar refractivity (Wildman–Crippen MR) is 88.9 cm³/mol. The van der Waals surface area contributed by atoms with Gasteiger partial charge in [-0.25, -0.2) is 8.42 Å². The van der Waals surface area contributed by atoms with E-state index in [0.29, 0.717) is 19.3 Å². The lowest BCUT2D eigenvalue weighted by atomic mass is 9.72. The minimum atomic E-state index is -3.04.